The van der Waals surface area contributed by atoms with E-state index in [0.29, 0.717) is 12.2 Å². The van der Waals surface area contributed by atoms with E-state index < -0.39 is 0 Å². The molecule has 0 amide bonds. The maximum atomic E-state index is 12.2. The average molecular weight is 585 g/mol. The van der Waals surface area contributed by atoms with Crippen LogP contribution >= 0.6 is 11.6 Å². The zero-order valence-electron chi connectivity index (χ0n) is 25.4. The first kappa shape index (κ1) is 30.1. The van der Waals surface area contributed by atoms with Gasteiger partial charge in [-0.2, -0.15) is 0 Å². The van der Waals surface area contributed by atoms with Gasteiger partial charge in [-0.1, -0.05) is 123 Å². The highest BCUT2D eigenvalue weighted by molar-refractivity contribution is 6.30. The van der Waals surface area contributed by atoms with Gasteiger partial charge in [-0.3, -0.25) is 0 Å². The zero-order chi connectivity index (χ0) is 30.6. The summed E-state index contributed by atoms with van der Waals surface area (Å²) in [6.07, 6.45) is 2.18. The summed E-state index contributed by atoms with van der Waals surface area (Å²) in [6.45, 7) is 11.0. The third-order valence-corrected chi connectivity index (χ3v) is 7.96. The third kappa shape index (κ3) is 7.16. The van der Waals surface area contributed by atoms with E-state index in [1.807, 2.05) is 43.3 Å². The van der Waals surface area contributed by atoms with Crippen molar-refractivity contribution in [2.45, 2.75) is 40.0 Å². The molecule has 2 nitrogen and oxygen atoms in total. The number of aryl methyl sites for hydroxylation is 1. The van der Waals surface area contributed by atoms with E-state index in [1.165, 1.54) is 27.8 Å². The fourth-order valence-corrected chi connectivity index (χ4v) is 5.35. The van der Waals surface area contributed by atoms with Crippen LogP contribution < -0.4 is 0 Å². The monoisotopic (exact) mass is 584 g/mol. The van der Waals surface area contributed by atoms with E-state index >= 15 is 0 Å². The van der Waals surface area contributed by atoms with Gasteiger partial charge < -0.3 is 4.74 Å². The summed E-state index contributed by atoms with van der Waals surface area (Å²) in [5.74, 6) is -0.308. The Hall–Kier alpha value is -4.40. The lowest BCUT2D eigenvalue weighted by molar-refractivity contribution is 0.0526. The van der Waals surface area contributed by atoms with E-state index in [-0.39, 0.29) is 11.4 Å². The van der Waals surface area contributed by atoms with Gasteiger partial charge in [-0.25, -0.2) is 4.79 Å². The topological polar surface area (TPSA) is 26.3 Å². The van der Waals surface area contributed by atoms with Crippen LogP contribution in [0.15, 0.2) is 115 Å². The van der Waals surface area contributed by atoms with Crippen molar-refractivity contribution >= 4 is 29.2 Å². The van der Waals surface area contributed by atoms with Gasteiger partial charge in [-0.15, -0.1) is 0 Å². The molecule has 0 spiro atoms. The van der Waals surface area contributed by atoms with E-state index in [1.54, 1.807) is 0 Å². The van der Waals surface area contributed by atoms with Crippen LogP contribution in [0.1, 0.15) is 65.9 Å². The van der Waals surface area contributed by atoms with Crippen molar-refractivity contribution in [1.82, 2.24) is 0 Å². The van der Waals surface area contributed by atoms with Crippen LogP contribution in [0.2, 0.25) is 5.02 Å². The Morgan fingerprint density at radius 3 is 1.79 bits per heavy atom. The number of hydrogen-bond donors (Lipinski definition) is 0. The molecule has 0 unspecified atom stereocenters. The lowest BCUT2D eigenvalue weighted by Gasteiger charge is -2.19. The number of rotatable bonds is 7. The minimum atomic E-state index is -0.308. The maximum absolute atomic E-state index is 12.2. The molecule has 5 aromatic carbocycles. The van der Waals surface area contributed by atoms with E-state index in [2.05, 4.69) is 113 Å². The molecule has 0 fully saturated rings. The van der Waals surface area contributed by atoms with Crippen LogP contribution in [-0.4, -0.2) is 12.6 Å². The first-order chi connectivity index (χ1) is 20.6. The van der Waals surface area contributed by atoms with Gasteiger partial charge in [0.25, 0.3) is 0 Å². The highest BCUT2D eigenvalue weighted by Crippen LogP contribution is 2.33. The number of carbonyl (C=O) groups is 1. The lowest BCUT2D eigenvalue weighted by atomic mass is 9.86. The summed E-state index contributed by atoms with van der Waals surface area (Å²) in [4.78, 5) is 12.2. The SMILES string of the molecule is CCOC(=O)c1ccc(C=C(c2ccc(-c3ccc(C(C)(C)C)cc3)cc2)c2ccc(-c3ccc(Cl)cc3)c(C)c2)cc1. The van der Waals surface area contributed by atoms with Crippen LogP contribution in [-0.2, 0) is 10.2 Å². The highest BCUT2D eigenvalue weighted by Gasteiger charge is 2.14. The standard InChI is InChI=1S/C40H37ClO2/c1-6-43-39(42)33-9-7-28(8-10-33)26-38(34-19-24-37(27(2)25-34)31-17-22-36(41)23-18-31)32-13-11-29(12-14-32)30-15-20-35(21-16-30)40(3,4)5/h7-26H,6H2,1-5H3. The second-order valence-electron chi connectivity index (χ2n) is 11.8. The van der Waals surface area contributed by atoms with Gasteiger partial charge in [0.05, 0.1) is 12.2 Å². The first-order valence-corrected chi connectivity index (χ1v) is 15.1. The molecule has 5 rings (SSSR count). The Labute approximate surface area is 260 Å². The summed E-state index contributed by atoms with van der Waals surface area (Å²) in [6, 6.07) is 39.7. The Morgan fingerprint density at radius 1 is 0.698 bits per heavy atom. The third-order valence-electron chi connectivity index (χ3n) is 7.71. The molecular formula is C40H37ClO2. The Bertz CT molecular complexity index is 1740. The fourth-order valence-electron chi connectivity index (χ4n) is 5.22. The smallest absolute Gasteiger partial charge is 0.338 e. The molecule has 3 heteroatoms. The molecule has 0 aliphatic rings. The predicted molar refractivity (Wildman–Crippen MR) is 182 cm³/mol. The predicted octanol–water partition coefficient (Wildman–Crippen LogP) is 11.0. The average Bonchev–Trinajstić information content (AvgIpc) is 3.00. The van der Waals surface area contributed by atoms with Crippen LogP contribution in [0.5, 0.6) is 0 Å². The Morgan fingerprint density at radius 2 is 1.23 bits per heavy atom. The van der Waals surface area contributed by atoms with Gasteiger partial charge in [-0.05, 0) is 105 Å². The van der Waals surface area contributed by atoms with Crippen LogP contribution in [0.4, 0.5) is 0 Å². The molecule has 0 atom stereocenters. The van der Waals surface area contributed by atoms with Crippen molar-refractivity contribution in [3.05, 3.63) is 154 Å². The van der Waals surface area contributed by atoms with Crippen molar-refractivity contribution in [3.8, 4) is 22.3 Å². The summed E-state index contributed by atoms with van der Waals surface area (Å²) >= 11 is 6.14. The van der Waals surface area contributed by atoms with Crippen LogP contribution in [0.25, 0.3) is 33.9 Å². The van der Waals surface area contributed by atoms with E-state index in [4.69, 9.17) is 16.3 Å². The number of carbonyl (C=O) groups excluding carboxylic acids is 1. The number of hydrogen-bond acceptors (Lipinski definition) is 2. The molecule has 0 saturated carbocycles. The summed E-state index contributed by atoms with van der Waals surface area (Å²) in [7, 11) is 0. The fraction of sp³-hybridized carbons (Fsp3) is 0.175. The summed E-state index contributed by atoms with van der Waals surface area (Å²) < 4.78 is 5.16. The largest absolute Gasteiger partial charge is 0.462 e. The van der Waals surface area contributed by atoms with Crippen LogP contribution in [0.3, 0.4) is 0 Å². The molecule has 43 heavy (non-hydrogen) atoms. The minimum Gasteiger partial charge on any atom is -0.462 e. The van der Waals surface area contributed by atoms with Crippen molar-refractivity contribution < 1.29 is 9.53 Å². The highest BCUT2D eigenvalue weighted by atomic mass is 35.5. The molecular weight excluding hydrogens is 548 g/mol. The van der Waals surface area contributed by atoms with Crippen LogP contribution in [0, 0.1) is 6.92 Å². The molecule has 0 aliphatic carbocycles. The molecule has 5 aromatic rings. The summed E-state index contributed by atoms with van der Waals surface area (Å²) in [5.41, 5.74) is 12.2. The van der Waals surface area contributed by atoms with Gasteiger partial charge in [0.15, 0.2) is 0 Å². The Kier molecular flexibility index (Phi) is 8.99. The second kappa shape index (κ2) is 12.9. The lowest BCUT2D eigenvalue weighted by Crippen LogP contribution is -2.10. The van der Waals surface area contributed by atoms with Gasteiger partial charge in [0.1, 0.15) is 0 Å². The first-order valence-electron chi connectivity index (χ1n) is 14.7. The molecule has 0 aromatic heterocycles. The molecule has 0 aliphatic heterocycles. The molecule has 0 N–H and O–H groups in total. The molecule has 0 bridgehead atoms. The number of esters is 1. The second-order valence-corrected chi connectivity index (χ2v) is 12.3. The molecule has 0 saturated heterocycles. The number of ether oxygens (including phenoxy) is 1. The quantitative estimate of drug-likeness (QED) is 0.140. The van der Waals surface area contributed by atoms with Gasteiger partial charge in [0, 0.05) is 5.02 Å². The van der Waals surface area contributed by atoms with Crippen molar-refractivity contribution in [2.24, 2.45) is 0 Å². The normalized spacial score (nSPS) is 11.8. The van der Waals surface area contributed by atoms with Gasteiger partial charge >= 0.3 is 5.97 Å². The number of benzene rings is 5. The summed E-state index contributed by atoms with van der Waals surface area (Å²) in [5, 5.41) is 0.728. The van der Waals surface area contributed by atoms with E-state index in [9.17, 15) is 4.79 Å². The molecule has 0 heterocycles. The maximum Gasteiger partial charge on any atom is 0.338 e. The minimum absolute atomic E-state index is 0.123. The van der Waals surface area contributed by atoms with Crippen molar-refractivity contribution in [1.29, 1.82) is 0 Å². The molecule has 216 valence electrons. The molecule has 0 radical (unpaired) electrons. The Balaban J connectivity index is 1.53. The zero-order valence-corrected chi connectivity index (χ0v) is 26.2. The van der Waals surface area contributed by atoms with Gasteiger partial charge in [0.2, 0.25) is 0 Å². The van der Waals surface area contributed by atoms with Crippen molar-refractivity contribution in [3.63, 3.8) is 0 Å². The van der Waals surface area contributed by atoms with Crippen molar-refractivity contribution in [2.75, 3.05) is 6.61 Å². The van der Waals surface area contributed by atoms with E-state index in [0.717, 1.165) is 32.8 Å². The number of halogens is 1.